The summed E-state index contributed by atoms with van der Waals surface area (Å²) in [7, 11) is 0. The highest BCUT2D eigenvalue weighted by molar-refractivity contribution is 5.89. The van der Waals surface area contributed by atoms with Crippen LogP contribution in [0, 0.1) is 27.7 Å². The minimum absolute atomic E-state index is 0.516. The molecule has 2 heterocycles. The van der Waals surface area contributed by atoms with E-state index >= 15 is 0 Å². The monoisotopic (exact) mass is 268 g/mol. The molecule has 2 aromatic heterocycles. The van der Waals surface area contributed by atoms with Crippen molar-refractivity contribution in [3.05, 3.63) is 40.8 Å². The first-order valence-electron chi connectivity index (χ1n) is 6.49. The zero-order chi connectivity index (χ0) is 14.3. The molecule has 0 amide bonds. The van der Waals surface area contributed by atoms with Crippen molar-refractivity contribution in [1.82, 2.24) is 15.1 Å². The lowest BCUT2D eigenvalue weighted by atomic mass is 10.1. The van der Waals surface area contributed by atoms with Crippen LogP contribution >= 0.6 is 0 Å². The van der Waals surface area contributed by atoms with E-state index in [0.717, 1.165) is 22.6 Å². The van der Waals surface area contributed by atoms with Gasteiger partial charge in [0.25, 0.3) is 5.71 Å². The highest BCUT2D eigenvalue weighted by Crippen LogP contribution is 2.28. The Labute approximate surface area is 117 Å². The lowest BCUT2D eigenvalue weighted by Gasteiger charge is -2.10. The van der Waals surface area contributed by atoms with Gasteiger partial charge in [-0.15, -0.1) is 0 Å². The van der Waals surface area contributed by atoms with Gasteiger partial charge in [0.05, 0.1) is 5.69 Å². The van der Waals surface area contributed by atoms with Gasteiger partial charge in [0.15, 0.2) is 0 Å². The van der Waals surface area contributed by atoms with Crippen molar-refractivity contribution in [1.29, 1.82) is 0 Å². The lowest BCUT2D eigenvalue weighted by molar-refractivity contribution is 0.442. The number of anilines is 2. The van der Waals surface area contributed by atoms with Gasteiger partial charge < -0.3 is 9.84 Å². The van der Waals surface area contributed by atoms with E-state index in [0.29, 0.717) is 11.5 Å². The number of aromatic nitrogens is 3. The Kier molecular flexibility index (Phi) is 2.89. The van der Waals surface area contributed by atoms with Gasteiger partial charge >= 0.3 is 0 Å². The van der Waals surface area contributed by atoms with Crippen LogP contribution < -0.4 is 5.32 Å². The van der Waals surface area contributed by atoms with Crippen LogP contribution in [0.3, 0.4) is 0 Å². The highest BCUT2D eigenvalue weighted by atomic mass is 16.5. The molecule has 0 aliphatic heterocycles. The van der Waals surface area contributed by atoms with Crippen molar-refractivity contribution in [3.63, 3.8) is 0 Å². The fraction of sp³-hybridized carbons (Fsp3) is 0.267. The molecule has 0 fully saturated rings. The summed E-state index contributed by atoms with van der Waals surface area (Å²) in [5, 5.41) is 8.15. The minimum atomic E-state index is 0.516. The predicted octanol–water partition coefficient (Wildman–Crippen LogP) is 3.60. The van der Waals surface area contributed by atoms with Gasteiger partial charge in [-0.2, -0.15) is 4.98 Å². The molecule has 1 aromatic carbocycles. The van der Waals surface area contributed by atoms with E-state index in [4.69, 9.17) is 4.52 Å². The zero-order valence-corrected chi connectivity index (χ0v) is 12.0. The molecule has 0 spiro atoms. The van der Waals surface area contributed by atoms with Crippen LogP contribution in [0.4, 0.5) is 11.5 Å². The van der Waals surface area contributed by atoms with E-state index in [1.165, 1.54) is 11.1 Å². The third-order valence-electron chi connectivity index (χ3n) is 3.25. The Bertz CT molecular complexity index is 792. The van der Waals surface area contributed by atoms with Crippen molar-refractivity contribution in [3.8, 4) is 0 Å². The molecule has 1 N–H and O–H groups in total. The van der Waals surface area contributed by atoms with Crippen LogP contribution in [0.1, 0.15) is 22.6 Å². The Morgan fingerprint density at radius 2 is 1.85 bits per heavy atom. The first-order chi connectivity index (χ1) is 9.54. The molecule has 0 aliphatic rings. The average Bonchev–Trinajstić information content (AvgIpc) is 2.74. The summed E-state index contributed by atoms with van der Waals surface area (Å²) in [6, 6.07) is 6.26. The molecule has 5 heteroatoms. The van der Waals surface area contributed by atoms with Gasteiger partial charge in [0.1, 0.15) is 17.0 Å². The quantitative estimate of drug-likeness (QED) is 0.769. The van der Waals surface area contributed by atoms with E-state index < -0.39 is 0 Å². The van der Waals surface area contributed by atoms with Crippen LogP contribution in [0.2, 0.25) is 0 Å². The van der Waals surface area contributed by atoms with Gasteiger partial charge in [-0.3, -0.25) is 0 Å². The zero-order valence-electron chi connectivity index (χ0n) is 12.0. The maximum absolute atomic E-state index is 5.22. The number of nitrogens with one attached hydrogen (secondary N) is 1. The van der Waals surface area contributed by atoms with Crippen LogP contribution in [0.15, 0.2) is 22.7 Å². The Hall–Kier alpha value is -2.43. The van der Waals surface area contributed by atoms with Gasteiger partial charge in [0.2, 0.25) is 0 Å². The van der Waals surface area contributed by atoms with E-state index in [1.54, 1.807) is 0 Å². The summed E-state index contributed by atoms with van der Waals surface area (Å²) < 4.78 is 5.22. The molecule has 20 heavy (non-hydrogen) atoms. The third kappa shape index (κ3) is 2.11. The van der Waals surface area contributed by atoms with E-state index in [1.807, 2.05) is 13.8 Å². The van der Waals surface area contributed by atoms with Crippen LogP contribution in [-0.4, -0.2) is 15.1 Å². The molecule has 3 aromatic rings. The van der Waals surface area contributed by atoms with Crippen molar-refractivity contribution in [2.75, 3.05) is 5.32 Å². The molecule has 102 valence electrons. The van der Waals surface area contributed by atoms with Crippen molar-refractivity contribution in [2.45, 2.75) is 27.7 Å². The number of aryl methyl sites for hydroxylation is 4. The Morgan fingerprint density at radius 1 is 1.05 bits per heavy atom. The number of nitrogens with zero attached hydrogens (tertiary/aromatic N) is 3. The van der Waals surface area contributed by atoms with Crippen molar-refractivity contribution < 1.29 is 4.52 Å². The summed E-state index contributed by atoms with van der Waals surface area (Å²) in [5.74, 6) is 1.39. The van der Waals surface area contributed by atoms with E-state index in [2.05, 4.69) is 52.5 Å². The van der Waals surface area contributed by atoms with Crippen LogP contribution in [0.5, 0.6) is 0 Å². The second-order valence-electron chi connectivity index (χ2n) is 5.01. The molecule has 0 aliphatic carbocycles. The fourth-order valence-corrected chi connectivity index (χ4v) is 2.27. The average molecular weight is 268 g/mol. The largest absolute Gasteiger partial charge is 0.339 e. The number of benzene rings is 1. The van der Waals surface area contributed by atoms with Crippen LogP contribution in [-0.2, 0) is 0 Å². The molecule has 0 saturated heterocycles. The SMILES string of the molecule is Cc1ccc(Nc2nc(C)nc3onc(C)c23)c(C)c1. The first kappa shape index (κ1) is 12.6. The fourth-order valence-electron chi connectivity index (χ4n) is 2.27. The summed E-state index contributed by atoms with van der Waals surface area (Å²) >= 11 is 0. The molecular weight excluding hydrogens is 252 g/mol. The standard InChI is InChI=1S/C15H16N4O/c1-8-5-6-12(9(2)7-8)18-14-13-10(3)19-20-15(13)17-11(4)16-14/h5-7H,1-4H3,(H,16,17,18). The molecule has 0 radical (unpaired) electrons. The van der Waals surface area contributed by atoms with Gasteiger partial charge in [-0.05, 0) is 39.3 Å². The summed E-state index contributed by atoms with van der Waals surface area (Å²) in [5.41, 5.74) is 4.73. The van der Waals surface area contributed by atoms with E-state index in [9.17, 15) is 0 Å². The van der Waals surface area contributed by atoms with Crippen LogP contribution in [0.25, 0.3) is 11.1 Å². The number of rotatable bonds is 2. The molecule has 5 nitrogen and oxygen atoms in total. The van der Waals surface area contributed by atoms with Crippen molar-refractivity contribution in [2.24, 2.45) is 0 Å². The second-order valence-corrected chi connectivity index (χ2v) is 5.01. The molecule has 0 bridgehead atoms. The normalized spacial score (nSPS) is 11.0. The molecule has 0 atom stereocenters. The highest BCUT2D eigenvalue weighted by Gasteiger charge is 2.14. The minimum Gasteiger partial charge on any atom is -0.339 e. The first-order valence-corrected chi connectivity index (χ1v) is 6.49. The van der Waals surface area contributed by atoms with Gasteiger partial charge in [-0.25, -0.2) is 4.98 Å². The summed E-state index contributed by atoms with van der Waals surface area (Å²) in [6.45, 7) is 7.87. The maximum atomic E-state index is 5.22. The molecule has 0 saturated carbocycles. The molecule has 3 rings (SSSR count). The topological polar surface area (TPSA) is 63.8 Å². The summed E-state index contributed by atoms with van der Waals surface area (Å²) in [4.78, 5) is 8.73. The van der Waals surface area contributed by atoms with Crippen molar-refractivity contribution >= 4 is 22.6 Å². The Balaban J connectivity index is 2.12. The van der Waals surface area contributed by atoms with Gasteiger partial charge in [0, 0.05) is 5.69 Å². The maximum Gasteiger partial charge on any atom is 0.263 e. The smallest absolute Gasteiger partial charge is 0.263 e. The molecular formula is C15H16N4O. The number of hydrogen-bond donors (Lipinski definition) is 1. The van der Waals surface area contributed by atoms with Gasteiger partial charge in [-0.1, -0.05) is 22.9 Å². The Morgan fingerprint density at radius 3 is 2.60 bits per heavy atom. The number of fused-ring (bicyclic) bond motifs is 1. The summed E-state index contributed by atoms with van der Waals surface area (Å²) in [6.07, 6.45) is 0. The lowest BCUT2D eigenvalue weighted by Crippen LogP contribution is -2.00. The number of hydrogen-bond acceptors (Lipinski definition) is 5. The third-order valence-corrected chi connectivity index (χ3v) is 3.25. The molecule has 0 unspecified atom stereocenters. The van der Waals surface area contributed by atoms with E-state index in [-0.39, 0.29) is 0 Å². The predicted molar refractivity (Wildman–Crippen MR) is 78.3 cm³/mol. The second kappa shape index (κ2) is 4.59.